The van der Waals surface area contributed by atoms with Crippen LogP contribution in [0.3, 0.4) is 0 Å². The molecule has 1 aliphatic carbocycles. The van der Waals surface area contributed by atoms with Crippen molar-refractivity contribution < 1.29 is 4.42 Å². The molecule has 15 heavy (non-hydrogen) atoms. The first-order valence-corrected chi connectivity index (χ1v) is 4.67. The fourth-order valence-electron chi connectivity index (χ4n) is 1.57. The quantitative estimate of drug-likeness (QED) is 0.561. The summed E-state index contributed by atoms with van der Waals surface area (Å²) < 4.78 is 5.64. The van der Waals surface area contributed by atoms with Crippen LogP contribution in [0.25, 0.3) is 22.6 Å². The zero-order valence-corrected chi connectivity index (χ0v) is 7.90. The van der Waals surface area contributed by atoms with Crippen molar-refractivity contribution in [2.45, 2.75) is 0 Å². The van der Waals surface area contributed by atoms with Crippen molar-refractivity contribution in [3.05, 3.63) is 47.8 Å². The predicted octanol–water partition coefficient (Wildman–Crippen LogP) is 2.41. The zero-order chi connectivity index (χ0) is 10.3. The van der Waals surface area contributed by atoms with Crippen molar-refractivity contribution in [2.24, 2.45) is 0 Å². The molecule has 2 aliphatic rings. The van der Waals surface area contributed by atoms with Crippen LogP contribution in [0.4, 0.5) is 0 Å². The van der Waals surface area contributed by atoms with Crippen LogP contribution in [0.2, 0.25) is 0 Å². The third kappa shape index (κ3) is 1.29. The average molecular weight is 196 g/mol. The van der Waals surface area contributed by atoms with Gasteiger partial charge in [0.25, 0.3) is 0 Å². The molecule has 1 aliphatic heterocycles. The zero-order valence-electron chi connectivity index (χ0n) is 7.90. The van der Waals surface area contributed by atoms with Gasteiger partial charge in [0.05, 0.1) is 5.36 Å². The molecule has 1 aromatic carbocycles. The van der Waals surface area contributed by atoms with Crippen LogP contribution in [-0.4, -0.2) is 4.98 Å². The number of fused-ring (bicyclic) bond motifs is 2. The summed E-state index contributed by atoms with van der Waals surface area (Å²) in [4.78, 5) is 4.44. The molecule has 0 saturated heterocycles. The van der Waals surface area contributed by atoms with E-state index in [2.05, 4.69) is 4.98 Å². The number of hydrogen-bond acceptors (Lipinski definition) is 3. The molecule has 0 fully saturated rings. The Morgan fingerprint density at radius 1 is 1.07 bits per heavy atom. The number of aromatic nitrogens is 1. The van der Waals surface area contributed by atoms with Gasteiger partial charge in [-0.05, 0) is 24.3 Å². The van der Waals surface area contributed by atoms with Crippen molar-refractivity contribution in [3.8, 4) is 11.5 Å². The second-order valence-corrected chi connectivity index (χ2v) is 3.36. The summed E-state index contributed by atoms with van der Waals surface area (Å²) in [6, 6.07) is 12.8. The van der Waals surface area contributed by atoms with Gasteiger partial charge in [0.1, 0.15) is 11.2 Å². The fraction of sp³-hybridized carbons (Fsp3) is 0. The second-order valence-electron chi connectivity index (χ2n) is 3.36. The molecule has 0 spiro atoms. The van der Waals surface area contributed by atoms with Gasteiger partial charge in [-0.2, -0.15) is 0 Å². The minimum atomic E-state index is 0.434. The molecule has 1 N–H and O–H groups in total. The Kier molecular flexibility index (Phi) is 1.59. The van der Waals surface area contributed by atoms with Gasteiger partial charge in [0.15, 0.2) is 11.3 Å². The first kappa shape index (κ1) is 8.17. The van der Waals surface area contributed by atoms with Crippen LogP contribution in [0, 0.1) is 5.41 Å². The summed E-state index contributed by atoms with van der Waals surface area (Å²) in [5.41, 5.74) is 2.36. The minimum absolute atomic E-state index is 0.434. The third-order valence-electron chi connectivity index (χ3n) is 2.29. The van der Waals surface area contributed by atoms with E-state index in [1.165, 1.54) is 0 Å². The molecule has 0 atom stereocenters. The lowest BCUT2D eigenvalue weighted by Crippen LogP contribution is -1.99. The summed E-state index contributed by atoms with van der Waals surface area (Å²) in [5, 5.41) is 7.93. The monoisotopic (exact) mass is 196 g/mol. The lowest BCUT2D eigenvalue weighted by atomic mass is 10.2. The molecule has 3 rings (SSSR count). The number of nitrogens with one attached hydrogen (secondary N) is 1. The Hall–Kier alpha value is -2.16. The summed E-state index contributed by atoms with van der Waals surface area (Å²) in [5.74, 6) is 0.654. The van der Waals surface area contributed by atoms with Gasteiger partial charge in [-0.1, -0.05) is 12.1 Å². The van der Waals surface area contributed by atoms with E-state index in [0.29, 0.717) is 11.1 Å². The van der Waals surface area contributed by atoms with Crippen LogP contribution >= 0.6 is 0 Å². The number of para-hydroxylation sites is 2. The average Bonchev–Trinajstić information content (AvgIpc) is 2.26. The summed E-state index contributed by atoms with van der Waals surface area (Å²) in [6.45, 7) is 0. The molecule has 3 nitrogen and oxygen atoms in total. The Morgan fingerprint density at radius 2 is 1.93 bits per heavy atom. The SMILES string of the molecule is N=c1ccc2nc3ccccc3oc-2c1. The summed E-state index contributed by atoms with van der Waals surface area (Å²) >= 11 is 0. The standard InChI is InChI=1S/C12H8N2O/c13-8-5-6-10-12(7-8)15-11-4-2-1-3-9(11)14-10/h1-7,13H. The maximum atomic E-state index is 7.50. The van der Waals surface area contributed by atoms with Crippen molar-refractivity contribution in [1.82, 2.24) is 4.98 Å². The molecule has 0 unspecified atom stereocenters. The molecular weight excluding hydrogens is 188 g/mol. The van der Waals surface area contributed by atoms with E-state index in [4.69, 9.17) is 9.83 Å². The first-order chi connectivity index (χ1) is 7.33. The van der Waals surface area contributed by atoms with E-state index in [-0.39, 0.29) is 0 Å². The summed E-state index contributed by atoms with van der Waals surface area (Å²) in [7, 11) is 0. The van der Waals surface area contributed by atoms with Crippen LogP contribution in [-0.2, 0) is 0 Å². The van der Waals surface area contributed by atoms with Gasteiger partial charge in [0.2, 0.25) is 0 Å². The molecule has 1 aromatic rings. The van der Waals surface area contributed by atoms with Gasteiger partial charge in [0, 0.05) is 6.07 Å². The topological polar surface area (TPSA) is 49.9 Å². The van der Waals surface area contributed by atoms with E-state index in [1.807, 2.05) is 24.3 Å². The predicted molar refractivity (Wildman–Crippen MR) is 56.5 cm³/mol. The van der Waals surface area contributed by atoms with E-state index in [9.17, 15) is 0 Å². The Morgan fingerprint density at radius 3 is 2.87 bits per heavy atom. The highest BCUT2D eigenvalue weighted by Gasteiger charge is 2.06. The number of benzene rings is 2. The van der Waals surface area contributed by atoms with Crippen LogP contribution in [0.5, 0.6) is 0 Å². The molecule has 0 radical (unpaired) electrons. The van der Waals surface area contributed by atoms with Gasteiger partial charge >= 0.3 is 0 Å². The normalized spacial score (nSPS) is 10.9. The largest absolute Gasteiger partial charge is 0.453 e. The molecular formula is C12H8N2O. The van der Waals surface area contributed by atoms with Crippen LogP contribution in [0.15, 0.2) is 46.9 Å². The van der Waals surface area contributed by atoms with Crippen molar-refractivity contribution in [2.75, 3.05) is 0 Å². The van der Waals surface area contributed by atoms with Crippen molar-refractivity contribution >= 4 is 11.1 Å². The third-order valence-corrected chi connectivity index (χ3v) is 2.29. The molecule has 1 heterocycles. The number of nitrogens with zero attached hydrogens (tertiary/aromatic N) is 1. The highest BCUT2D eigenvalue weighted by Crippen LogP contribution is 2.22. The maximum absolute atomic E-state index is 7.50. The highest BCUT2D eigenvalue weighted by atomic mass is 16.3. The Bertz CT molecular complexity index is 657. The number of rotatable bonds is 0. The first-order valence-electron chi connectivity index (χ1n) is 4.67. The minimum Gasteiger partial charge on any atom is -0.453 e. The summed E-state index contributed by atoms with van der Waals surface area (Å²) in [6.07, 6.45) is 0. The number of hydrogen-bond donors (Lipinski definition) is 1. The smallest absolute Gasteiger partial charge is 0.155 e. The van der Waals surface area contributed by atoms with E-state index in [1.54, 1.807) is 18.2 Å². The van der Waals surface area contributed by atoms with Crippen molar-refractivity contribution in [3.63, 3.8) is 0 Å². The van der Waals surface area contributed by atoms with Gasteiger partial charge in [-0.25, -0.2) is 4.98 Å². The van der Waals surface area contributed by atoms with E-state index < -0.39 is 0 Å². The Balaban J connectivity index is 2.49. The lowest BCUT2D eigenvalue weighted by Gasteiger charge is -2.04. The molecule has 0 aromatic heterocycles. The Labute approximate surface area is 85.9 Å². The fourth-order valence-corrected chi connectivity index (χ4v) is 1.57. The van der Waals surface area contributed by atoms with Crippen molar-refractivity contribution in [1.29, 1.82) is 5.41 Å². The maximum Gasteiger partial charge on any atom is 0.155 e. The van der Waals surface area contributed by atoms with E-state index >= 15 is 0 Å². The molecule has 0 bridgehead atoms. The molecule has 0 saturated carbocycles. The molecule has 0 amide bonds. The molecule has 3 heteroatoms. The second kappa shape index (κ2) is 2.92. The van der Waals surface area contributed by atoms with Gasteiger partial charge in [-0.3, -0.25) is 0 Å². The van der Waals surface area contributed by atoms with E-state index in [0.717, 1.165) is 16.8 Å². The van der Waals surface area contributed by atoms with Crippen LogP contribution in [0.1, 0.15) is 0 Å². The lowest BCUT2D eigenvalue weighted by molar-refractivity contribution is 0.612. The highest BCUT2D eigenvalue weighted by molar-refractivity contribution is 5.75. The van der Waals surface area contributed by atoms with Gasteiger partial charge < -0.3 is 9.83 Å². The van der Waals surface area contributed by atoms with Crippen LogP contribution < -0.4 is 5.36 Å². The molecule has 72 valence electrons. The van der Waals surface area contributed by atoms with Gasteiger partial charge in [-0.15, -0.1) is 0 Å².